The molecule has 1 atom stereocenters. The van der Waals surface area contributed by atoms with E-state index in [0.29, 0.717) is 19.6 Å². The number of ether oxygens (including phenoxy) is 1. The number of carbonyl (C=O) groups is 2. The minimum Gasteiger partial charge on any atom is -0.497 e. The van der Waals surface area contributed by atoms with E-state index in [1.807, 2.05) is 60.7 Å². The number of nitrogens with one attached hydrogen (secondary N) is 1. The zero-order valence-electron chi connectivity index (χ0n) is 17.6. The standard InChI is InChI=1S/C26H26N2O3/c1-31-23-12-7-8-19(14-23)17-28-18-22(15-25(28)29)26(30)27-16-21-11-5-6-13-24(21)20-9-3-2-4-10-20/h2-14,22H,15-18H2,1H3,(H,27,30)/t22-/m0/s1. The van der Waals surface area contributed by atoms with Crippen molar-refractivity contribution in [1.82, 2.24) is 10.2 Å². The fourth-order valence-corrected chi connectivity index (χ4v) is 3.99. The Morgan fingerprint density at radius 2 is 1.81 bits per heavy atom. The molecule has 0 bridgehead atoms. The number of rotatable bonds is 7. The lowest BCUT2D eigenvalue weighted by Crippen LogP contribution is -2.32. The van der Waals surface area contributed by atoms with Crippen LogP contribution >= 0.6 is 0 Å². The van der Waals surface area contributed by atoms with Gasteiger partial charge in [-0.05, 0) is 34.4 Å². The average molecular weight is 415 g/mol. The molecule has 3 aromatic rings. The predicted molar refractivity (Wildman–Crippen MR) is 120 cm³/mol. The molecule has 0 spiro atoms. The van der Waals surface area contributed by atoms with Gasteiger partial charge in [0.15, 0.2) is 0 Å². The molecule has 0 saturated carbocycles. The Kier molecular flexibility index (Phi) is 6.32. The van der Waals surface area contributed by atoms with Gasteiger partial charge >= 0.3 is 0 Å². The van der Waals surface area contributed by atoms with Crippen LogP contribution in [0, 0.1) is 5.92 Å². The molecule has 1 heterocycles. The van der Waals surface area contributed by atoms with Crippen molar-refractivity contribution in [2.45, 2.75) is 19.5 Å². The average Bonchev–Trinajstić information content (AvgIpc) is 3.18. The summed E-state index contributed by atoms with van der Waals surface area (Å²) in [4.78, 5) is 27.0. The number of hydrogen-bond donors (Lipinski definition) is 1. The fourth-order valence-electron chi connectivity index (χ4n) is 3.99. The van der Waals surface area contributed by atoms with Gasteiger partial charge in [-0.15, -0.1) is 0 Å². The molecule has 158 valence electrons. The number of methoxy groups -OCH3 is 1. The van der Waals surface area contributed by atoms with Gasteiger partial charge in [0.1, 0.15) is 5.75 Å². The monoisotopic (exact) mass is 414 g/mol. The lowest BCUT2D eigenvalue weighted by molar-refractivity contribution is -0.129. The summed E-state index contributed by atoms with van der Waals surface area (Å²) < 4.78 is 5.25. The maximum Gasteiger partial charge on any atom is 0.225 e. The highest BCUT2D eigenvalue weighted by Crippen LogP contribution is 2.25. The number of hydrogen-bond acceptors (Lipinski definition) is 3. The zero-order valence-corrected chi connectivity index (χ0v) is 17.6. The molecular weight excluding hydrogens is 388 g/mol. The van der Waals surface area contributed by atoms with Crippen molar-refractivity contribution in [3.63, 3.8) is 0 Å². The molecular formula is C26H26N2O3. The van der Waals surface area contributed by atoms with Gasteiger partial charge < -0.3 is 15.0 Å². The lowest BCUT2D eigenvalue weighted by Gasteiger charge is -2.17. The summed E-state index contributed by atoms with van der Waals surface area (Å²) in [5.41, 5.74) is 4.27. The molecule has 5 heteroatoms. The first-order chi connectivity index (χ1) is 15.1. The van der Waals surface area contributed by atoms with Gasteiger partial charge in [-0.3, -0.25) is 9.59 Å². The Morgan fingerprint density at radius 3 is 2.61 bits per heavy atom. The molecule has 4 rings (SSSR count). The van der Waals surface area contributed by atoms with E-state index >= 15 is 0 Å². The zero-order chi connectivity index (χ0) is 21.6. The Labute approximate surface area is 182 Å². The summed E-state index contributed by atoms with van der Waals surface area (Å²) in [7, 11) is 1.62. The number of nitrogens with zero attached hydrogens (tertiary/aromatic N) is 1. The van der Waals surface area contributed by atoms with Crippen molar-refractivity contribution in [3.8, 4) is 16.9 Å². The molecule has 3 aromatic carbocycles. The summed E-state index contributed by atoms with van der Waals surface area (Å²) in [6.07, 6.45) is 0.246. The number of likely N-dealkylation sites (tertiary alicyclic amines) is 1. The van der Waals surface area contributed by atoms with E-state index in [1.54, 1.807) is 12.0 Å². The van der Waals surface area contributed by atoms with Gasteiger partial charge in [-0.25, -0.2) is 0 Å². The van der Waals surface area contributed by atoms with Crippen LogP contribution in [0.5, 0.6) is 5.75 Å². The van der Waals surface area contributed by atoms with Crippen molar-refractivity contribution in [2.24, 2.45) is 5.92 Å². The second-order valence-electron chi connectivity index (χ2n) is 7.77. The molecule has 1 aliphatic rings. The Hall–Kier alpha value is -3.60. The predicted octanol–water partition coefficient (Wildman–Crippen LogP) is 4.03. The van der Waals surface area contributed by atoms with Gasteiger partial charge in [-0.1, -0.05) is 66.7 Å². The summed E-state index contributed by atoms with van der Waals surface area (Å²) in [5.74, 6) is 0.356. The number of amides is 2. The molecule has 0 radical (unpaired) electrons. The normalized spacial score (nSPS) is 15.7. The van der Waals surface area contributed by atoms with Gasteiger partial charge in [0, 0.05) is 26.1 Å². The van der Waals surface area contributed by atoms with E-state index in [2.05, 4.69) is 23.5 Å². The molecule has 1 aliphatic heterocycles. The van der Waals surface area contributed by atoms with Crippen LogP contribution in [-0.2, 0) is 22.7 Å². The highest BCUT2D eigenvalue weighted by molar-refractivity contribution is 5.89. The lowest BCUT2D eigenvalue weighted by atomic mass is 9.99. The maximum atomic E-state index is 12.8. The maximum absolute atomic E-state index is 12.8. The molecule has 2 amide bonds. The third kappa shape index (κ3) is 4.94. The van der Waals surface area contributed by atoms with Crippen LogP contribution in [0.15, 0.2) is 78.9 Å². The Balaban J connectivity index is 1.37. The summed E-state index contributed by atoms with van der Waals surface area (Å²) >= 11 is 0. The first kappa shape index (κ1) is 20.7. The van der Waals surface area contributed by atoms with Crippen molar-refractivity contribution < 1.29 is 14.3 Å². The molecule has 1 N–H and O–H groups in total. The van der Waals surface area contributed by atoms with Crippen molar-refractivity contribution in [2.75, 3.05) is 13.7 Å². The topological polar surface area (TPSA) is 58.6 Å². The van der Waals surface area contributed by atoms with Crippen molar-refractivity contribution in [3.05, 3.63) is 90.0 Å². The van der Waals surface area contributed by atoms with Crippen LogP contribution in [0.2, 0.25) is 0 Å². The van der Waals surface area contributed by atoms with E-state index in [1.165, 1.54) is 0 Å². The Morgan fingerprint density at radius 1 is 1.03 bits per heavy atom. The molecule has 1 fully saturated rings. The van der Waals surface area contributed by atoms with E-state index in [0.717, 1.165) is 28.0 Å². The third-order valence-corrected chi connectivity index (χ3v) is 5.65. The highest BCUT2D eigenvalue weighted by atomic mass is 16.5. The van der Waals surface area contributed by atoms with Crippen LogP contribution in [0.1, 0.15) is 17.5 Å². The quantitative estimate of drug-likeness (QED) is 0.635. The largest absolute Gasteiger partial charge is 0.497 e. The molecule has 0 aromatic heterocycles. The Bertz CT molecular complexity index is 1070. The third-order valence-electron chi connectivity index (χ3n) is 5.65. The summed E-state index contributed by atoms with van der Waals surface area (Å²) in [6.45, 7) is 1.35. The van der Waals surface area contributed by atoms with Gasteiger partial charge in [0.25, 0.3) is 0 Å². The number of benzene rings is 3. The smallest absolute Gasteiger partial charge is 0.225 e. The van der Waals surface area contributed by atoms with E-state index in [-0.39, 0.29) is 24.2 Å². The van der Waals surface area contributed by atoms with E-state index in [9.17, 15) is 9.59 Å². The SMILES string of the molecule is COc1cccc(CN2C[C@@H](C(=O)NCc3ccccc3-c3ccccc3)CC2=O)c1. The summed E-state index contributed by atoms with van der Waals surface area (Å²) in [5, 5.41) is 3.04. The highest BCUT2D eigenvalue weighted by Gasteiger charge is 2.34. The van der Waals surface area contributed by atoms with E-state index < -0.39 is 0 Å². The minimum absolute atomic E-state index is 0.00709. The van der Waals surface area contributed by atoms with Crippen LogP contribution in [0.4, 0.5) is 0 Å². The van der Waals surface area contributed by atoms with Crippen LogP contribution in [0.3, 0.4) is 0 Å². The first-order valence-corrected chi connectivity index (χ1v) is 10.5. The minimum atomic E-state index is -0.331. The van der Waals surface area contributed by atoms with E-state index in [4.69, 9.17) is 4.74 Å². The molecule has 1 saturated heterocycles. The fraction of sp³-hybridized carbons (Fsp3) is 0.231. The molecule has 0 aliphatic carbocycles. The molecule has 5 nitrogen and oxygen atoms in total. The van der Waals surface area contributed by atoms with Gasteiger partial charge in [0.2, 0.25) is 11.8 Å². The van der Waals surface area contributed by atoms with Gasteiger partial charge in [0.05, 0.1) is 13.0 Å². The van der Waals surface area contributed by atoms with Gasteiger partial charge in [-0.2, -0.15) is 0 Å². The van der Waals surface area contributed by atoms with Crippen LogP contribution in [-0.4, -0.2) is 30.4 Å². The first-order valence-electron chi connectivity index (χ1n) is 10.5. The molecule has 0 unspecified atom stereocenters. The summed E-state index contributed by atoms with van der Waals surface area (Å²) in [6, 6.07) is 25.8. The molecule has 31 heavy (non-hydrogen) atoms. The van der Waals surface area contributed by atoms with Crippen LogP contribution < -0.4 is 10.1 Å². The second kappa shape index (κ2) is 9.47. The second-order valence-corrected chi connectivity index (χ2v) is 7.77. The van der Waals surface area contributed by atoms with Crippen LogP contribution in [0.25, 0.3) is 11.1 Å². The van der Waals surface area contributed by atoms with Crippen molar-refractivity contribution >= 4 is 11.8 Å². The van der Waals surface area contributed by atoms with Crippen molar-refractivity contribution in [1.29, 1.82) is 0 Å². The number of carbonyl (C=O) groups excluding carboxylic acids is 2.